The van der Waals surface area contributed by atoms with Crippen molar-refractivity contribution in [2.24, 2.45) is 5.92 Å². The number of carbonyl (C=O) groups excluding carboxylic acids is 1. The van der Waals surface area contributed by atoms with E-state index in [1.165, 1.54) is 4.31 Å². The van der Waals surface area contributed by atoms with Crippen molar-refractivity contribution in [3.63, 3.8) is 0 Å². The Labute approximate surface area is 158 Å². The van der Waals surface area contributed by atoms with Gasteiger partial charge in [-0.3, -0.25) is 9.48 Å². The molecular formula is C17H21ClN4O3S. The summed E-state index contributed by atoms with van der Waals surface area (Å²) in [5.74, 6) is -0.210. The van der Waals surface area contributed by atoms with Crippen LogP contribution in [0.3, 0.4) is 0 Å². The van der Waals surface area contributed by atoms with E-state index >= 15 is 0 Å². The highest BCUT2D eigenvalue weighted by Crippen LogP contribution is 2.23. The molecule has 2 heterocycles. The highest BCUT2D eigenvalue weighted by molar-refractivity contribution is 7.89. The van der Waals surface area contributed by atoms with Crippen molar-refractivity contribution in [2.45, 2.75) is 24.3 Å². The van der Waals surface area contributed by atoms with Crippen LogP contribution in [0, 0.1) is 5.92 Å². The molecule has 1 aromatic heterocycles. The van der Waals surface area contributed by atoms with Gasteiger partial charge in [0.15, 0.2) is 0 Å². The lowest BCUT2D eigenvalue weighted by atomic mass is 9.97. The van der Waals surface area contributed by atoms with E-state index < -0.39 is 10.0 Å². The fourth-order valence-electron chi connectivity index (χ4n) is 3.00. The van der Waals surface area contributed by atoms with Gasteiger partial charge in [-0.2, -0.15) is 9.40 Å². The molecule has 9 heteroatoms. The summed E-state index contributed by atoms with van der Waals surface area (Å²) in [5.41, 5.74) is 0. The quantitative estimate of drug-likeness (QED) is 0.806. The molecular weight excluding hydrogens is 376 g/mol. The fraction of sp³-hybridized carbons (Fsp3) is 0.412. The van der Waals surface area contributed by atoms with E-state index in [-0.39, 0.29) is 11.8 Å². The molecule has 1 saturated heterocycles. The topological polar surface area (TPSA) is 84.3 Å². The van der Waals surface area contributed by atoms with Crippen molar-refractivity contribution in [3.05, 3.63) is 47.7 Å². The van der Waals surface area contributed by atoms with Crippen molar-refractivity contribution in [2.75, 3.05) is 19.6 Å². The minimum atomic E-state index is -3.48. The molecule has 1 aliphatic heterocycles. The molecule has 0 saturated carbocycles. The largest absolute Gasteiger partial charge is 0.354 e. The number of halogens is 1. The van der Waals surface area contributed by atoms with Crippen LogP contribution in [-0.2, 0) is 21.4 Å². The Morgan fingerprint density at radius 3 is 2.54 bits per heavy atom. The number of rotatable bonds is 6. The second-order valence-electron chi connectivity index (χ2n) is 6.20. The number of piperidine rings is 1. The zero-order valence-electron chi connectivity index (χ0n) is 14.2. The Bertz CT molecular complexity index is 846. The summed E-state index contributed by atoms with van der Waals surface area (Å²) in [6.45, 7) is 1.70. The molecule has 1 N–H and O–H groups in total. The van der Waals surface area contributed by atoms with Crippen molar-refractivity contribution in [1.29, 1.82) is 0 Å². The Balaban J connectivity index is 1.48. The van der Waals surface area contributed by atoms with Gasteiger partial charge in [-0.15, -0.1) is 0 Å². The van der Waals surface area contributed by atoms with E-state index in [0.717, 1.165) is 0 Å². The van der Waals surface area contributed by atoms with Crippen molar-refractivity contribution in [1.82, 2.24) is 19.4 Å². The second-order valence-corrected chi connectivity index (χ2v) is 8.58. The standard InChI is InChI=1S/C17H21ClN4O3S/c18-15-12-20-21(13-15)11-8-19-17(23)14-6-9-22(10-7-14)26(24,25)16-4-2-1-3-5-16/h1-5,12-14H,6-11H2,(H,19,23). The Kier molecular flexibility index (Phi) is 5.95. The first-order valence-corrected chi connectivity index (χ1v) is 10.3. The first kappa shape index (κ1) is 18.9. The van der Waals surface area contributed by atoms with Gasteiger partial charge in [0.05, 0.1) is 22.7 Å². The molecule has 0 radical (unpaired) electrons. The minimum Gasteiger partial charge on any atom is -0.354 e. The van der Waals surface area contributed by atoms with E-state index in [0.29, 0.717) is 48.9 Å². The average molecular weight is 397 g/mol. The Morgan fingerprint density at radius 1 is 1.23 bits per heavy atom. The van der Waals surface area contributed by atoms with Crippen LogP contribution < -0.4 is 5.32 Å². The van der Waals surface area contributed by atoms with Crippen LogP contribution in [-0.4, -0.2) is 48.0 Å². The van der Waals surface area contributed by atoms with E-state index in [1.54, 1.807) is 47.4 Å². The van der Waals surface area contributed by atoms with Crippen LogP contribution in [0.4, 0.5) is 0 Å². The lowest BCUT2D eigenvalue weighted by Gasteiger charge is -2.30. The number of nitrogens with zero attached hydrogens (tertiary/aromatic N) is 3. The molecule has 0 bridgehead atoms. The van der Waals surface area contributed by atoms with Gasteiger partial charge < -0.3 is 5.32 Å². The predicted molar refractivity (Wildman–Crippen MR) is 98.2 cm³/mol. The van der Waals surface area contributed by atoms with Gasteiger partial charge in [0.2, 0.25) is 15.9 Å². The molecule has 1 aliphatic rings. The molecule has 2 aromatic rings. The Hall–Kier alpha value is -1.90. The molecule has 0 spiro atoms. The molecule has 0 aliphatic carbocycles. The van der Waals surface area contributed by atoms with E-state index in [4.69, 9.17) is 11.6 Å². The van der Waals surface area contributed by atoms with Crippen LogP contribution in [0.15, 0.2) is 47.6 Å². The molecule has 1 amide bonds. The highest BCUT2D eigenvalue weighted by Gasteiger charge is 2.31. The molecule has 7 nitrogen and oxygen atoms in total. The summed E-state index contributed by atoms with van der Waals surface area (Å²) in [5, 5.41) is 7.49. The third-order valence-corrected chi connectivity index (χ3v) is 6.56. The maximum Gasteiger partial charge on any atom is 0.243 e. The SMILES string of the molecule is O=C(NCCn1cc(Cl)cn1)C1CCN(S(=O)(=O)c2ccccc2)CC1. The summed E-state index contributed by atoms with van der Waals surface area (Å²) in [4.78, 5) is 12.6. The van der Waals surface area contributed by atoms with Crippen LogP contribution >= 0.6 is 11.6 Å². The Morgan fingerprint density at radius 2 is 1.92 bits per heavy atom. The van der Waals surface area contributed by atoms with E-state index in [2.05, 4.69) is 10.4 Å². The zero-order valence-corrected chi connectivity index (χ0v) is 15.8. The average Bonchev–Trinajstić information content (AvgIpc) is 3.07. The summed E-state index contributed by atoms with van der Waals surface area (Å²) in [7, 11) is -3.48. The van der Waals surface area contributed by atoms with Crippen molar-refractivity contribution in [3.8, 4) is 0 Å². The van der Waals surface area contributed by atoms with Crippen LogP contribution in [0.5, 0.6) is 0 Å². The lowest BCUT2D eigenvalue weighted by Crippen LogP contribution is -2.43. The van der Waals surface area contributed by atoms with Gasteiger partial charge in [0.25, 0.3) is 0 Å². The summed E-state index contributed by atoms with van der Waals surface area (Å²) in [6.07, 6.45) is 4.28. The molecule has 3 rings (SSSR count). The number of hydrogen-bond acceptors (Lipinski definition) is 4. The minimum absolute atomic E-state index is 0.0417. The number of amides is 1. The molecule has 26 heavy (non-hydrogen) atoms. The first-order chi connectivity index (χ1) is 12.5. The normalized spacial score (nSPS) is 16.5. The number of aromatic nitrogens is 2. The van der Waals surface area contributed by atoms with Crippen molar-refractivity contribution >= 4 is 27.5 Å². The summed E-state index contributed by atoms with van der Waals surface area (Å²) >= 11 is 5.79. The highest BCUT2D eigenvalue weighted by atomic mass is 35.5. The number of benzene rings is 1. The number of carbonyl (C=O) groups is 1. The predicted octanol–water partition coefficient (Wildman–Crippen LogP) is 1.75. The summed E-state index contributed by atoms with van der Waals surface area (Å²) < 4.78 is 28.3. The van der Waals surface area contributed by atoms with Crippen LogP contribution in [0.25, 0.3) is 0 Å². The lowest BCUT2D eigenvalue weighted by molar-refractivity contribution is -0.126. The van der Waals surface area contributed by atoms with Gasteiger partial charge in [-0.05, 0) is 25.0 Å². The first-order valence-electron chi connectivity index (χ1n) is 8.47. The van der Waals surface area contributed by atoms with Gasteiger partial charge >= 0.3 is 0 Å². The monoisotopic (exact) mass is 396 g/mol. The molecule has 140 valence electrons. The zero-order chi connectivity index (χ0) is 18.6. The molecule has 1 fully saturated rings. The van der Waals surface area contributed by atoms with Gasteiger partial charge in [-0.25, -0.2) is 8.42 Å². The van der Waals surface area contributed by atoms with Gasteiger partial charge in [0, 0.05) is 31.7 Å². The van der Waals surface area contributed by atoms with Gasteiger partial charge in [0.1, 0.15) is 0 Å². The third kappa shape index (κ3) is 4.44. The van der Waals surface area contributed by atoms with Crippen LogP contribution in [0.1, 0.15) is 12.8 Å². The van der Waals surface area contributed by atoms with E-state index in [9.17, 15) is 13.2 Å². The van der Waals surface area contributed by atoms with E-state index in [1.807, 2.05) is 0 Å². The molecule has 1 aromatic carbocycles. The maximum absolute atomic E-state index is 12.6. The number of nitrogens with one attached hydrogen (secondary N) is 1. The molecule has 0 unspecified atom stereocenters. The number of sulfonamides is 1. The van der Waals surface area contributed by atoms with Crippen LogP contribution in [0.2, 0.25) is 5.02 Å². The fourth-order valence-corrected chi connectivity index (χ4v) is 4.65. The van der Waals surface area contributed by atoms with Crippen molar-refractivity contribution < 1.29 is 13.2 Å². The second kappa shape index (κ2) is 8.20. The number of hydrogen-bond donors (Lipinski definition) is 1. The molecule has 0 atom stereocenters. The summed E-state index contributed by atoms with van der Waals surface area (Å²) in [6, 6.07) is 8.39. The van der Waals surface area contributed by atoms with Gasteiger partial charge in [-0.1, -0.05) is 29.8 Å². The maximum atomic E-state index is 12.6. The smallest absolute Gasteiger partial charge is 0.243 e. The third-order valence-electron chi connectivity index (χ3n) is 4.45.